The van der Waals surface area contributed by atoms with E-state index in [0.29, 0.717) is 11.8 Å². The largest absolute Gasteiger partial charge is 0.508 e. The second kappa shape index (κ2) is 19.4. The minimum atomic E-state index is -1.68. The lowest BCUT2D eigenvalue weighted by atomic mass is 9.92. The average Bonchev–Trinajstić information content (AvgIpc) is 3.54. The van der Waals surface area contributed by atoms with Crippen LogP contribution in [0.25, 0.3) is 10.9 Å². The number of hydrogen-bond acceptors (Lipinski definition) is 14. The van der Waals surface area contributed by atoms with Crippen molar-refractivity contribution in [3.8, 4) is 11.6 Å². The molecule has 0 aliphatic carbocycles. The van der Waals surface area contributed by atoms with Crippen LogP contribution in [0, 0.1) is 11.8 Å². The van der Waals surface area contributed by atoms with Crippen molar-refractivity contribution in [2.75, 3.05) is 32.8 Å². The Bertz CT molecular complexity index is 1990. The zero-order valence-corrected chi connectivity index (χ0v) is 33.2. The number of aliphatic hydroxyl groups is 3. The Hall–Kier alpha value is -6.04. The molecule has 4 heterocycles. The number of rotatable bonds is 7. The van der Waals surface area contributed by atoms with E-state index in [1.165, 1.54) is 25.1 Å². The lowest BCUT2D eigenvalue weighted by molar-refractivity contribution is -0.160. The molecule has 0 radical (unpaired) electrons. The van der Waals surface area contributed by atoms with Gasteiger partial charge >= 0.3 is 0 Å². The molecule has 1 fully saturated rings. The summed E-state index contributed by atoms with van der Waals surface area (Å²) < 4.78 is 6.08. The molecule has 1 aromatic heterocycles. The van der Waals surface area contributed by atoms with Crippen LogP contribution in [0.4, 0.5) is 0 Å². The number of fused-ring (bicyclic) bond motifs is 5. The Morgan fingerprint density at radius 1 is 0.917 bits per heavy atom. The maximum atomic E-state index is 14.3. The molecule has 1 aromatic carbocycles. The number of phenolic OH excluding ortho intramolecular Hbond substituents is 1. The number of primary amides is 1. The van der Waals surface area contributed by atoms with Crippen LogP contribution >= 0.6 is 0 Å². The fourth-order valence-corrected chi connectivity index (χ4v) is 7.13. The number of nitrogens with one attached hydrogen (secondary N) is 8. The van der Waals surface area contributed by atoms with E-state index in [2.05, 4.69) is 42.2 Å². The molecule has 8 amide bonds. The van der Waals surface area contributed by atoms with E-state index in [1.807, 2.05) is 0 Å². The number of aromatic hydroxyl groups is 1. The van der Waals surface area contributed by atoms with Crippen molar-refractivity contribution in [1.29, 1.82) is 0 Å². The number of aromatic nitrogens is 1. The fraction of sp³-hybridized carbons (Fsp3) is 0.568. The first-order valence-electron chi connectivity index (χ1n) is 19.4. The highest BCUT2D eigenvalue weighted by Gasteiger charge is 2.47. The molecular formula is C37H52N10O13. The van der Waals surface area contributed by atoms with Crippen molar-refractivity contribution in [3.05, 3.63) is 23.8 Å². The van der Waals surface area contributed by atoms with Crippen LogP contribution in [-0.4, -0.2) is 159 Å². The van der Waals surface area contributed by atoms with Crippen LogP contribution in [-0.2, 0) is 44.8 Å². The summed E-state index contributed by atoms with van der Waals surface area (Å²) in [5.74, 6) is -9.22. The van der Waals surface area contributed by atoms with Gasteiger partial charge < -0.3 is 72.7 Å². The van der Waals surface area contributed by atoms with Gasteiger partial charge in [-0.15, -0.1) is 0 Å². The number of ether oxygens (including phenoxy) is 1. The molecule has 328 valence electrons. The summed E-state index contributed by atoms with van der Waals surface area (Å²) in [6, 6.07) is -3.45. The van der Waals surface area contributed by atoms with Crippen LogP contribution in [0.15, 0.2) is 18.2 Å². The van der Waals surface area contributed by atoms with Crippen molar-refractivity contribution in [2.24, 2.45) is 17.6 Å². The van der Waals surface area contributed by atoms with Gasteiger partial charge in [-0.2, -0.15) is 0 Å². The molecule has 2 bridgehead atoms. The number of H-pyrrole nitrogens is 1. The summed E-state index contributed by atoms with van der Waals surface area (Å²) in [6.45, 7) is 1.63. The van der Waals surface area contributed by atoms with E-state index in [4.69, 9.17) is 10.5 Å². The first kappa shape index (κ1) is 45.1. The minimum absolute atomic E-state index is 0.0987. The van der Waals surface area contributed by atoms with Crippen LogP contribution in [0.5, 0.6) is 11.6 Å². The van der Waals surface area contributed by atoms with Gasteiger partial charge in [0.2, 0.25) is 47.3 Å². The monoisotopic (exact) mass is 844 g/mol. The third-order valence-electron chi connectivity index (χ3n) is 10.9. The number of hydrogen-bond donors (Lipinski definition) is 13. The third-order valence-corrected chi connectivity index (χ3v) is 10.9. The molecule has 3 aliphatic heterocycles. The van der Waals surface area contributed by atoms with E-state index < -0.39 is 140 Å². The Morgan fingerprint density at radius 2 is 1.60 bits per heavy atom. The predicted molar refractivity (Wildman–Crippen MR) is 207 cm³/mol. The Kier molecular flexibility index (Phi) is 14.5. The van der Waals surface area contributed by atoms with Gasteiger partial charge in [0.05, 0.1) is 50.3 Å². The summed E-state index contributed by atoms with van der Waals surface area (Å²) in [6.07, 6.45) is -4.98. The maximum Gasteiger partial charge on any atom is 0.247 e. The maximum absolute atomic E-state index is 14.3. The van der Waals surface area contributed by atoms with Gasteiger partial charge in [0, 0.05) is 29.4 Å². The van der Waals surface area contributed by atoms with Crippen molar-refractivity contribution in [2.45, 2.75) is 88.6 Å². The fourth-order valence-electron chi connectivity index (χ4n) is 7.13. The Labute approximate surface area is 342 Å². The number of amides is 8. The number of phenols is 1. The summed E-state index contributed by atoms with van der Waals surface area (Å²) >= 11 is 0. The normalized spacial score (nSPS) is 27.9. The second-order valence-electron chi connectivity index (χ2n) is 15.2. The van der Waals surface area contributed by atoms with Gasteiger partial charge in [-0.1, -0.05) is 27.2 Å². The molecule has 23 nitrogen and oxygen atoms in total. The Morgan fingerprint density at radius 3 is 2.25 bits per heavy atom. The third kappa shape index (κ3) is 10.4. The summed E-state index contributed by atoms with van der Waals surface area (Å²) in [7, 11) is 0. The molecule has 10 atom stereocenters. The Balaban J connectivity index is 1.68. The molecular weight excluding hydrogens is 792 g/mol. The quantitative estimate of drug-likeness (QED) is 0.124. The number of nitrogens with zero attached hydrogens (tertiary/aromatic N) is 1. The zero-order chi connectivity index (χ0) is 44.0. The number of benzene rings is 1. The second-order valence-corrected chi connectivity index (χ2v) is 15.2. The van der Waals surface area contributed by atoms with Crippen molar-refractivity contribution in [3.63, 3.8) is 0 Å². The highest BCUT2D eigenvalue weighted by Crippen LogP contribution is 2.32. The average molecular weight is 845 g/mol. The number of aliphatic hydroxyl groups excluding tert-OH is 3. The van der Waals surface area contributed by atoms with Crippen LogP contribution in [0.1, 0.15) is 39.2 Å². The molecule has 0 spiro atoms. The van der Waals surface area contributed by atoms with Crippen molar-refractivity contribution < 1.29 is 63.5 Å². The summed E-state index contributed by atoms with van der Waals surface area (Å²) in [5.41, 5.74) is 5.96. The highest BCUT2D eigenvalue weighted by atomic mass is 16.5. The minimum Gasteiger partial charge on any atom is -0.508 e. The molecule has 0 saturated carbocycles. The number of carbonyl (C=O) groups is 8. The number of nitrogens with two attached hydrogens (primary N) is 1. The predicted octanol–water partition coefficient (Wildman–Crippen LogP) is -5.61. The molecule has 2 aromatic rings. The number of carbonyl (C=O) groups excluding carboxylic acids is 8. The van der Waals surface area contributed by atoms with Crippen molar-refractivity contribution >= 4 is 58.2 Å². The van der Waals surface area contributed by atoms with Crippen LogP contribution in [0.2, 0.25) is 0 Å². The molecule has 14 N–H and O–H groups in total. The van der Waals surface area contributed by atoms with E-state index >= 15 is 0 Å². The van der Waals surface area contributed by atoms with Gasteiger partial charge in [0.25, 0.3) is 0 Å². The first-order valence-corrected chi connectivity index (χ1v) is 19.4. The zero-order valence-electron chi connectivity index (χ0n) is 33.2. The molecule has 23 heteroatoms. The van der Waals surface area contributed by atoms with E-state index in [0.717, 1.165) is 4.90 Å². The SMILES string of the molecule is CC[C@H](C)C1NC(=O)CNC(=O)[C@@H]2Cc3c([nH]c4cc(O)ccc34)OC[C@H](NC(=O)CNC1=O)C(=O)N[C@@H](CC(N)=O)C(=O)N1C[C@H](O)C1N[C@@H]([C@@H](C)[C@@H](O)CO)C(=O)N2. The molecule has 60 heavy (non-hydrogen) atoms. The van der Waals surface area contributed by atoms with E-state index in [-0.39, 0.29) is 35.7 Å². The summed E-state index contributed by atoms with van der Waals surface area (Å²) in [5, 5.41) is 59.9. The van der Waals surface area contributed by atoms with Gasteiger partial charge in [-0.3, -0.25) is 43.7 Å². The van der Waals surface area contributed by atoms with Gasteiger partial charge in [-0.25, -0.2) is 0 Å². The molecule has 1 saturated heterocycles. The topological polar surface area (TPSA) is 356 Å². The van der Waals surface area contributed by atoms with Crippen molar-refractivity contribution in [1.82, 2.24) is 47.1 Å². The lowest BCUT2D eigenvalue weighted by Crippen LogP contribution is -2.74. The first-order chi connectivity index (χ1) is 28.4. The summed E-state index contributed by atoms with van der Waals surface area (Å²) in [4.78, 5) is 113. The number of aromatic amines is 1. The van der Waals surface area contributed by atoms with E-state index in [1.54, 1.807) is 13.8 Å². The highest BCUT2D eigenvalue weighted by molar-refractivity contribution is 5.97. The molecule has 3 aliphatic rings. The van der Waals surface area contributed by atoms with Crippen LogP contribution in [0.3, 0.4) is 0 Å². The van der Waals surface area contributed by atoms with E-state index in [9.17, 15) is 58.8 Å². The smallest absolute Gasteiger partial charge is 0.247 e. The lowest BCUT2D eigenvalue weighted by Gasteiger charge is -2.48. The van der Waals surface area contributed by atoms with Gasteiger partial charge in [0.1, 0.15) is 48.8 Å². The van der Waals surface area contributed by atoms with Gasteiger partial charge in [0.15, 0.2) is 5.88 Å². The van der Waals surface area contributed by atoms with Crippen LogP contribution < -0.4 is 47.7 Å². The van der Waals surface area contributed by atoms with Gasteiger partial charge in [-0.05, 0) is 18.1 Å². The molecule has 5 rings (SSSR count). The molecule has 2 unspecified atom stereocenters. The standard InChI is InChI=1S/C37H52N10O13/c1-4-15(2)29-34(57)40-10-27(53)41-23-14-60-36-19(18-6-5-17(49)7-20(18)44-36)8-21(32(55)39-11-28(54)45-29)42-35(58)30(16(3)25(51)13-48)46-31-24(50)12-47(31)37(59)22(9-26(38)52)43-33(23)56/h5-7,15-16,21-25,29-31,44,46,48-51H,4,8-14H2,1-3H3,(H2,38,52)(H,39,55)(H,40,57)(H,41,53)(H,42,58)(H,43,56)(H,45,54)/t15-,16-,21-,22-,23-,24-,25-,29?,30-,31?/m0/s1.